The van der Waals surface area contributed by atoms with Gasteiger partial charge in [-0.15, -0.1) is 11.8 Å². The van der Waals surface area contributed by atoms with E-state index in [9.17, 15) is 13.2 Å². The van der Waals surface area contributed by atoms with Crippen molar-refractivity contribution in [1.82, 2.24) is 9.29 Å². The van der Waals surface area contributed by atoms with Crippen LogP contribution in [-0.4, -0.2) is 47.5 Å². The van der Waals surface area contributed by atoms with Crippen LogP contribution in [0, 0.1) is 12.3 Å². The molecule has 0 bridgehead atoms. The number of ether oxygens (including phenoxy) is 1. The van der Waals surface area contributed by atoms with Crippen LogP contribution in [0.2, 0.25) is 10.0 Å². The number of aryl methyl sites for hydroxylation is 1. The molecule has 1 fully saturated rings. The van der Waals surface area contributed by atoms with Crippen LogP contribution in [0.1, 0.15) is 29.7 Å². The summed E-state index contributed by atoms with van der Waals surface area (Å²) >= 11 is 14.5. The number of pyridine rings is 1. The van der Waals surface area contributed by atoms with Gasteiger partial charge in [0.2, 0.25) is 15.9 Å². The molecular weight excluding hydrogens is 615 g/mol. The number of anilines is 1. The number of halogens is 2. The Labute approximate surface area is 258 Å². The molecule has 0 unspecified atom stereocenters. The van der Waals surface area contributed by atoms with Gasteiger partial charge in [0, 0.05) is 39.5 Å². The third-order valence-corrected chi connectivity index (χ3v) is 10.5. The van der Waals surface area contributed by atoms with Crippen molar-refractivity contribution in [3.05, 3.63) is 93.6 Å². The highest BCUT2D eigenvalue weighted by atomic mass is 35.5. The van der Waals surface area contributed by atoms with Gasteiger partial charge in [0.05, 0.1) is 10.1 Å². The first-order chi connectivity index (χ1) is 20.1. The molecule has 0 saturated carbocycles. The van der Waals surface area contributed by atoms with E-state index < -0.39 is 22.0 Å². The number of fused-ring (bicyclic) bond motifs is 1. The summed E-state index contributed by atoms with van der Waals surface area (Å²) in [6.07, 6.45) is 2.68. The summed E-state index contributed by atoms with van der Waals surface area (Å²) in [4.78, 5) is 17.7. The van der Waals surface area contributed by atoms with Crippen molar-refractivity contribution in [3.63, 3.8) is 0 Å². The SMILES string of the molecule is CSC(=N)c1cccc(NC(=O)[C@@H]2CCCN2S(=O)(=O)c2ccc(Cl)c(COc3cccc4ccc(C)nc34)c2Cl)c1. The van der Waals surface area contributed by atoms with Crippen LogP contribution in [0.5, 0.6) is 5.75 Å². The Morgan fingerprint density at radius 2 is 1.93 bits per heavy atom. The first kappa shape index (κ1) is 30.3. The van der Waals surface area contributed by atoms with E-state index >= 15 is 0 Å². The lowest BCUT2D eigenvalue weighted by molar-refractivity contribution is -0.119. The maximum absolute atomic E-state index is 13.9. The number of carbonyl (C=O) groups is 1. The van der Waals surface area contributed by atoms with Crippen molar-refractivity contribution in [2.24, 2.45) is 0 Å². The summed E-state index contributed by atoms with van der Waals surface area (Å²) in [6, 6.07) is 18.3. The number of rotatable bonds is 8. The Bertz CT molecular complexity index is 1800. The lowest BCUT2D eigenvalue weighted by atomic mass is 10.2. The molecule has 12 heteroatoms. The molecule has 2 heterocycles. The molecule has 0 aliphatic carbocycles. The largest absolute Gasteiger partial charge is 0.487 e. The van der Waals surface area contributed by atoms with E-state index in [1.54, 1.807) is 36.6 Å². The van der Waals surface area contributed by atoms with Gasteiger partial charge in [0.15, 0.2) is 0 Å². The Hall–Kier alpha value is -3.15. The highest BCUT2D eigenvalue weighted by Crippen LogP contribution is 2.36. The lowest BCUT2D eigenvalue weighted by Gasteiger charge is -2.24. The Balaban J connectivity index is 1.39. The van der Waals surface area contributed by atoms with Gasteiger partial charge >= 0.3 is 0 Å². The molecule has 0 radical (unpaired) electrons. The van der Waals surface area contributed by atoms with Crippen molar-refractivity contribution in [3.8, 4) is 5.75 Å². The molecule has 1 aromatic heterocycles. The molecule has 1 saturated heterocycles. The fraction of sp³-hybridized carbons (Fsp3) is 0.233. The smallest absolute Gasteiger partial charge is 0.245 e. The van der Waals surface area contributed by atoms with Crippen molar-refractivity contribution in [1.29, 1.82) is 5.41 Å². The van der Waals surface area contributed by atoms with Gasteiger partial charge in [0.1, 0.15) is 28.8 Å². The van der Waals surface area contributed by atoms with E-state index in [4.69, 9.17) is 33.3 Å². The Morgan fingerprint density at radius 1 is 1.14 bits per heavy atom. The van der Waals surface area contributed by atoms with Gasteiger partial charge in [-0.2, -0.15) is 4.31 Å². The van der Waals surface area contributed by atoms with E-state index in [2.05, 4.69) is 10.3 Å². The van der Waals surface area contributed by atoms with Crippen LogP contribution in [0.4, 0.5) is 5.69 Å². The van der Waals surface area contributed by atoms with Crippen molar-refractivity contribution >= 4 is 72.5 Å². The summed E-state index contributed by atoms with van der Waals surface area (Å²) < 4.78 is 35.0. The van der Waals surface area contributed by atoms with E-state index in [1.165, 1.54) is 28.2 Å². The van der Waals surface area contributed by atoms with Crippen LogP contribution < -0.4 is 10.1 Å². The molecule has 1 atom stereocenters. The van der Waals surface area contributed by atoms with Crippen LogP contribution in [-0.2, 0) is 21.4 Å². The zero-order valence-corrected chi connectivity index (χ0v) is 26.0. The minimum atomic E-state index is -4.17. The van der Waals surface area contributed by atoms with Crippen LogP contribution >= 0.6 is 35.0 Å². The minimum absolute atomic E-state index is 0.0544. The highest BCUT2D eigenvalue weighted by Gasteiger charge is 2.40. The van der Waals surface area contributed by atoms with Crippen LogP contribution in [0.3, 0.4) is 0 Å². The fourth-order valence-electron chi connectivity index (χ4n) is 4.89. The third-order valence-electron chi connectivity index (χ3n) is 7.03. The Morgan fingerprint density at radius 3 is 2.71 bits per heavy atom. The summed E-state index contributed by atoms with van der Waals surface area (Å²) in [5.41, 5.74) is 2.97. The number of aromatic nitrogens is 1. The lowest BCUT2D eigenvalue weighted by Crippen LogP contribution is -2.43. The number of hydrogen-bond acceptors (Lipinski definition) is 7. The molecule has 1 aliphatic rings. The maximum Gasteiger partial charge on any atom is 0.245 e. The van der Waals surface area contributed by atoms with E-state index in [0.717, 1.165) is 11.1 Å². The molecule has 0 spiro atoms. The molecule has 4 aromatic rings. The van der Waals surface area contributed by atoms with Gasteiger partial charge in [-0.3, -0.25) is 10.2 Å². The van der Waals surface area contributed by atoms with Gasteiger partial charge in [-0.05, 0) is 62.4 Å². The number of nitrogens with one attached hydrogen (secondary N) is 2. The van der Waals surface area contributed by atoms with Crippen LogP contribution in [0.15, 0.2) is 71.6 Å². The predicted molar refractivity (Wildman–Crippen MR) is 170 cm³/mol. The van der Waals surface area contributed by atoms with E-state index in [1.807, 2.05) is 31.2 Å². The Kier molecular flexibility index (Phi) is 9.10. The molecule has 1 amide bonds. The number of nitrogens with zero attached hydrogens (tertiary/aromatic N) is 2. The number of carbonyl (C=O) groups excluding carboxylic acids is 1. The second kappa shape index (κ2) is 12.6. The number of amides is 1. The number of thioether (sulfide) groups is 1. The zero-order chi connectivity index (χ0) is 30.0. The topological polar surface area (TPSA) is 112 Å². The zero-order valence-electron chi connectivity index (χ0n) is 22.9. The minimum Gasteiger partial charge on any atom is -0.487 e. The quantitative estimate of drug-likeness (QED) is 0.160. The number of para-hydroxylation sites is 1. The summed E-state index contributed by atoms with van der Waals surface area (Å²) in [5.74, 6) is 0.0703. The van der Waals surface area contributed by atoms with E-state index in [-0.39, 0.29) is 28.1 Å². The molecule has 218 valence electrons. The molecule has 8 nitrogen and oxygen atoms in total. The first-order valence-corrected chi connectivity index (χ1v) is 16.5. The predicted octanol–water partition coefficient (Wildman–Crippen LogP) is 6.91. The van der Waals surface area contributed by atoms with Crippen LogP contribution in [0.25, 0.3) is 10.9 Å². The number of hydrogen-bond donors (Lipinski definition) is 2. The summed E-state index contributed by atoms with van der Waals surface area (Å²) in [6.45, 7) is 1.98. The molecule has 3 aromatic carbocycles. The molecule has 1 aliphatic heterocycles. The number of sulfonamides is 1. The second-order valence-corrected chi connectivity index (χ2v) is 13.2. The van der Waals surface area contributed by atoms with Gasteiger partial charge in [0.25, 0.3) is 0 Å². The monoisotopic (exact) mass is 642 g/mol. The highest BCUT2D eigenvalue weighted by molar-refractivity contribution is 8.13. The first-order valence-electron chi connectivity index (χ1n) is 13.1. The maximum atomic E-state index is 13.9. The van der Waals surface area contributed by atoms with Gasteiger partial charge in [-0.1, -0.05) is 53.5 Å². The number of benzene rings is 3. The normalized spacial score (nSPS) is 15.6. The van der Waals surface area contributed by atoms with Crippen molar-refractivity contribution in [2.75, 3.05) is 18.1 Å². The molecule has 5 rings (SSSR count). The van der Waals surface area contributed by atoms with Gasteiger partial charge < -0.3 is 10.1 Å². The average molecular weight is 644 g/mol. The standard InChI is InChI=1S/C30H28Cl2N4O4S2/c1-18-11-12-19-6-4-10-25(28(19)34-18)40-17-22-23(31)13-14-26(27(22)32)42(38,39)36-15-5-9-24(36)30(37)35-21-8-3-7-20(16-21)29(33)41-2/h3-4,6-8,10-14,16,24,33H,5,9,15,17H2,1-2H3,(H,35,37)/t24-/m0/s1. The summed E-state index contributed by atoms with van der Waals surface area (Å²) in [5, 5.41) is 12.3. The molecular formula is C30H28Cl2N4O4S2. The van der Waals surface area contributed by atoms with Crippen molar-refractivity contribution < 1.29 is 17.9 Å². The second-order valence-electron chi connectivity index (χ2n) is 9.78. The molecule has 2 N–H and O–H groups in total. The molecule has 42 heavy (non-hydrogen) atoms. The van der Waals surface area contributed by atoms with E-state index in [0.29, 0.717) is 46.0 Å². The average Bonchev–Trinajstić information content (AvgIpc) is 3.48. The fourth-order valence-corrected chi connectivity index (χ4v) is 7.77. The summed E-state index contributed by atoms with van der Waals surface area (Å²) in [7, 11) is -4.17. The van der Waals surface area contributed by atoms with Crippen molar-refractivity contribution in [2.45, 2.75) is 37.3 Å². The third kappa shape index (κ3) is 6.14. The van der Waals surface area contributed by atoms with Gasteiger partial charge in [-0.25, -0.2) is 13.4 Å².